The summed E-state index contributed by atoms with van der Waals surface area (Å²) in [5.74, 6) is 0.0424. The lowest BCUT2D eigenvalue weighted by Gasteiger charge is -2.18. The average Bonchev–Trinajstić information content (AvgIpc) is 2.78. The summed E-state index contributed by atoms with van der Waals surface area (Å²) in [5, 5.41) is 22.2. The third-order valence-corrected chi connectivity index (χ3v) is 3.82. The van der Waals surface area contributed by atoms with E-state index in [1.54, 1.807) is 24.3 Å². The molecule has 0 saturated carbocycles. The van der Waals surface area contributed by atoms with Crippen LogP contribution in [0.25, 0.3) is 0 Å². The number of aromatic hydroxyl groups is 1. The molecular formula is C17H17NO3. The van der Waals surface area contributed by atoms with Gasteiger partial charge in [0.05, 0.1) is 18.6 Å². The molecule has 108 valence electrons. The fourth-order valence-electron chi connectivity index (χ4n) is 2.77. The molecule has 1 aliphatic carbocycles. The van der Waals surface area contributed by atoms with Crippen molar-refractivity contribution in [1.82, 2.24) is 5.32 Å². The quantitative estimate of drug-likeness (QED) is 0.803. The van der Waals surface area contributed by atoms with Gasteiger partial charge in [-0.1, -0.05) is 36.4 Å². The summed E-state index contributed by atoms with van der Waals surface area (Å²) < 4.78 is 0. The van der Waals surface area contributed by atoms with Crippen molar-refractivity contribution in [2.45, 2.75) is 25.0 Å². The summed E-state index contributed by atoms with van der Waals surface area (Å²) in [6, 6.07) is 14.0. The third kappa shape index (κ3) is 2.90. The highest BCUT2D eigenvalue weighted by Gasteiger charge is 2.31. The van der Waals surface area contributed by atoms with Crippen molar-refractivity contribution in [2.24, 2.45) is 0 Å². The van der Waals surface area contributed by atoms with E-state index in [0.717, 1.165) is 16.7 Å². The standard InChI is InChI=1S/C17H17NO3/c19-13-7-5-11(6-8-13)9-16(21)18-17-14-4-2-1-3-12(14)10-15(17)20/h1-8,15,17,19-20H,9-10H2,(H,18,21)/t15-,17+/m0/s1. The molecule has 4 heteroatoms. The molecule has 4 nitrogen and oxygen atoms in total. The number of phenolic OH excluding ortho intramolecular Hbond substituents is 1. The van der Waals surface area contributed by atoms with Gasteiger partial charge in [-0.05, 0) is 28.8 Å². The van der Waals surface area contributed by atoms with Gasteiger partial charge in [0.25, 0.3) is 0 Å². The SMILES string of the molecule is O=C(Cc1ccc(O)cc1)N[C@@H]1c2ccccc2C[C@@H]1O. The topological polar surface area (TPSA) is 69.6 Å². The Morgan fingerprint density at radius 3 is 2.62 bits per heavy atom. The number of rotatable bonds is 3. The van der Waals surface area contributed by atoms with Crippen LogP contribution < -0.4 is 5.32 Å². The van der Waals surface area contributed by atoms with Crippen LogP contribution in [0.15, 0.2) is 48.5 Å². The number of benzene rings is 2. The van der Waals surface area contributed by atoms with E-state index in [9.17, 15) is 15.0 Å². The number of aliphatic hydroxyl groups is 1. The van der Waals surface area contributed by atoms with Gasteiger partial charge in [-0.3, -0.25) is 4.79 Å². The molecule has 2 aromatic rings. The predicted octanol–water partition coefficient (Wildman–Crippen LogP) is 1.71. The van der Waals surface area contributed by atoms with Gasteiger partial charge >= 0.3 is 0 Å². The van der Waals surface area contributed by atoms with E-state index in [4.69, 9.17) is 0 Å². The van der Waals surface area contributed by atoms with Gasteiger partial charge in [0.15, 0.2) is 0 Å². The molecular weight excluding hydrogens is 266 g/mol. The molecule has 0 unspecified atom stereocenters. The number of carbonyl (C=O) groups is 1. The zero-order valence-electron chi connectivity index (χ0n) is 11.5. The van der Waals surface area contributed by atoms with Crippen LogP contribution in [0.1, 0.15) is 22.7 Å². The number of hydrogen-bond acceptors (Lipinski definition) is 3. The summed E-state index contributed by atoms with van der Waals surface area (Å²) in [7, 11) is 0. The van der Waals surface area contributed by atoms with Crippen LogP contribution in [0.4, 0.5) is 0 Å². The molecule has 2 aromatic carbocycles. The molecule has 0 fully saturated rings. The van der Waals surface area contributed by atoms with Crippen LogP contribution in [-0.4, -0.2) is 22.2 Å². The lowest BCUT2D eigenvalue weighted by Crippen LogP contribution is -2.34. The lowest BCUT2D eigenvalue weighted by molar-refractivity contribution is -0.121. The maximum absolute atomic E-state index is 12.1. The van der Waals surface area contributed by atoms with E-state index in [1.165, 1.54) is 0 Å². The molecule has 0 heterocycles. The van der Waals surface area contributed by atoms with Crippen molar-refractivity contribution in [3.8, 4) is 5.75 Å². The minimum absolute atomic E-state index is 0.138. The van der Waals surface area contributed by atoms with E-state index in [2.05, 4.69) is 5.32 Å². The number of aliphatic hydroxyl groups excluding tert-OH is 1. The Balaban J connectivity index is 1.69. The van der Waals surface area contributed by atoms with Gasteiger partial charge < -0.3 is 15.5 Å². The Morgan fingerprint density at radius 1 is 1.14 bits per heavy atom. The molecule has 0 aliphatic heterocycles. The number of phenols is 1. The molecule has 0 spiro atoms. The smallest absolute Gasteiger partial charge is 0.224 e. The molecule has 0 bridgehead atoms. The first-order valence-electron chi connectivity index (χ1n) is 6.96. The van der Waals surface area contributed by atoms with E-state index in [1.807, 2.05) is 24.3 Å². The zero-order chi connectivity index (χ0) is 14.8. The summed E-state index contributed by atoms with van der Waals surface area (Å²) in [5.41, 5.74) is 2.90. The van der Waals surface area contributed by atoms with Crippen LogP contribution >= 0.6 is 0 Å². The molecule has 1 amide bonds. The van der Waals surface area contributed by atoms with E-state index < -0.39 is 6.10 Å². The summed E-state index contributed by atoms with van der Waals surface area (Å²) in [4.78, 5) is 12.1. The summed E-state index contributed by atoms with van der Waals surface area (Å²) in [6.45, 7) is 0. The van der Waals surface area contributed by atoms with Crippen LogP contribution in [0.5, 0.6) is 5.75 Å². The molecule has 0 saturated heterocycles. The first-order valence-corrected chi connectivity index (χ1v) is 6.96. The Morgan fingerprint density at radius 2 is 1.86 bits per heavy atom. The molecule has 2 atom stereocenters. The largest absolute Gasteiger partial charge is 0.508 e. The van der Waals surface area contributed by atoms with Crippen LogP contribution in [0, 0.1) is 0 Å². The molecule has 21 heavy (non-hydrogen) atoms. The molecule has 3 rings (SSSR count). The van der Waals surface area contributed by atoms with E-state index in [-0.39, 0.29) is 24.1 Å². The second-order valence-corrected chi connectivity index (χ2v) is 5.36. The maximum atomic E-state index is 12.1. The van der Waals surface area contributed by atoms with Gasteiger partial charge in [0, 0.05) is 6.42 Å². The number of nitrogens with one attached hydrogen (secondary N) is 1. The van der Waals surface area contributed by atoms with Crippen LogP contribution in [0.2, 0.25) is 0 Å². The second-order valence-electron chi connectivity index (χ2n) is 5.36. The highest BCUT2D eigenvalue weighted by Crippen LogP contribution is 2.31. The third-order valence-electron chi connectivity index (χ3n) is 3.82. The predicted molar refractivity (Wildman–Crippen MR) is 78.8 cm³/mol. The second kappa shape index (κ2) is 5.58. The van der Waals surface area contributed by atoms with Crippen molar-refractivity contribution in [1.29, 1.82) is 0 Å². The number of fused-ring (bicyclic) bond motifs is 1. The van der Waals surface area contributed by atoms with Crippen LogP contribution in [0.3, 0.4) is 0 Å². The van der Waals surface area contributed by atoms with Gasteiger partial charge in [-0.2, -0.15) is 0 Å². The van der Waals surface area contributed by atoms with Gasteiger partial charge in [-0.25, -0.2) is 0 Å². The van der Waals surface area contributed by atoms with Crippen molar-refractivity contribution in [3.63, 3.8) is 0 Å². The Kier molecular flexibility index (Phi) is 3.62. The Labute approximate surface area is 123 Å². The summed E-state index contributed by atoms with van der Waals surface area (Å²) >= 11 is 0. The minimum Gasteiger partial charge on any atom is -0.508 e. The minimum atomic E-state index is -0.578. The van der Waals surface area contributed by atoms with E-state index >= 15 is 0 Å². The maximum Gasteiger partial charge on any atom is 0.224 e. The molecule has 0 radical (unpaired) electrons. The number of amides is 1. The first-order chi connectivity index (χ1) is 10.1. The fraction of sp³-hybridized carbons (Fsp3) is 0.235. The van der Waals surface area contributed by atoms with Crippen molar-refractivity contribution in [2.75, 3.05) is 0 Å². The molecule has 1 aliphatic rings. The number of hydrogen-bond donors (Lipinski definition) is 3. The Hall–Kier alpha value is -2.33. The van der Waals surface area contributed by atoms with Gasteiger partial charge in [-0.15, -0.1) is 0 Å². The van der Waals surface area contributed by atoms with E-state index in [0.29, 0.717) is 6.42 Å². The Bertz CT molecular complexity index is 651. The van der Waals surface area contributed by atoms with Crippen molar-refractivity contribution < 1.29 is 15.0 Å². The highest BCUT2D eigenvalue weighted by atomic mass is 16.3. The zero-order valence-corrected chi connectivity index (χ0v) is 11.5. The molecule has 0 aromatic heterocycles. The van der Waals surface area contributed by atoms with Crippen molar-refractivity contribution >= 4 is 5.91 Å². The highest BCUT2D eigenvalue weighted by molar-refractivity contribution is 5.79. The normalized spacial score (nSPS) is 20.0. The first kappa shape index (κ1) is 13.6. The lowest BCUT2D eigenvalue weighted by atomic mass is 10.1. The van der Waals surface area contributed by atoms with Gasteiger partial charge in [0.1, 0.15) is 5.75 Å². The number of carbonyl (C=O) groups excluding carboxylic acids is 1. The summed E-state index contributed by atoms with van der Waals surface area (Å²) in [6.07, 6.45) is 0.220. The van der Waals surface area contributed by atoms with Crippen LogP contribution in [-0.2, 0) is 17.6 Å². The average molecular weight is 283 g/mol. The van der Waals surface area contributed by atoms with Crippen molar-refractivity contribution in [3.05, 3.63) is 65.2 Å². The fourth-order valence-corrected chi connectivity index (χ4v) is 2.77. The monoisotopic (exact) mass is 283 g/mol. The molecule has 3 N–H and O–H groups in total. The van der Waals surface area contributed by atoms with Gasteiger partial charge in [0.2, 0.25) is 5.91 Å².